The van der Waals surface area contributed by atoms with Crippen LogP contribution >= 0.6 is 0 Å². The first-order valence-corrected chi connectivity index (χ1v) is 16.2. The molecule has 0 fully saturated rings. The van der Waals surface area contributed by atoms with Crippen LogP contribution < -0.4 is 0 Å². The highest BCUT2D eigenvalue weighted by Gasteiger charge is 2.35. The van der Waals surface area contributed by atoms with Crippen LogP contribution in [0.25, 0.3) is 5.57 Å². The third-order valence-corrected chi connectivity index (χ3v) is 9.06. The van der Waals surface area contributed by atoms with E-state index >= 15 is 0 Å². The number of hydrogen-bond acceptors (Lipinski definition) is 1. The van der Waals surface area contributed by atoms with Gasteiger partial charge in [-0.3, -0.25) is 4.99 Å². The van der Waals surface area contributed by atoms with Crippen molar-refractivity contribution in [2.24, 2.45) is 22.7 Å². The maximum atomic E-state index is 4.04. The van der Waals surface area contributed by atoms with Gasteiger partial charge in [0.25, 0.3) is 0 Å². The number of fused-ring (bicyclic) bond motifs is 1. The topological polar surface area (TPSA) is 12.4 Å². The Labute approximate surface area is 270 Å². The number of allylic oxidation sites excluding steroid dienone is 19. The van der Waals surface area contributed by atoms with Gasteiger partial charge in [0.2, 0.25) is 0 Å². The molecule has 0 radical (unpaired) electrons. The summed E-state index contributed by atoms with van der Waals surface area (Å²) in [5.41, 5.74) is 12.1. The predicted molar refractivity (Wildman–Crippen MR) is 196 cm³/mol. The molecule has 0 amide bonds. The van der Waals surface area contributed by atoms with Gasteiger partial charge in [0.05, 0.1) is 0 Å². The fourth-order valence-electron chi connectivity index (χ4n) is 7.00. The van der Waals surface area contributed by atoms with E-state index in [4.69, 9.17) is 0 Å². The SMILES string of the molecule is C=C/C=C\C1=C(C2=CC3C=C(c4cccc(C/C=C\C=N/C=C)c4)C=CC3C=C2)C(/C=C\C)=C(CC)C(c2ccccc2)C1C. The number of aliphatic imine (C=N–C) groups is 1. The average molecular weight is 588 g/mol. The van der Waals surface area contributed by atoms with Crippen LogP contribution in [-0.4, -0.2) is 6.21 Å². The van der Waals surface area contributed by atoms with Gasteiger partial charge in [-0.1, -0.05) is 160 Å². The van der Waals surface area contributed by atoms with E-state index in [-0.39, 0.29) is 0 Å². The Bertz CT molecular complexity index is 1710. The summed E-state index contributed by atoms with van der Waals surface area (Å²) in [4.78, 5) is 4.04. The van der Waals surface area contributed by atoms with Gasteiger partial charge in [0, 0.05) is 30.2 Å². The van der Waals surface area contributed by atoms with Crippen molar-refractivity contribution in [2.45, 2.75) is 39.5 Å². The minimum atomic E-state index is 0.292. The number of benzene rings is 2. The summed E-state index contributed by atoms with van der Waals surface area (Å²) in [6.07, 6.45) is 34.5. The second-order valence-electron chi connectivity index (χ2n) is 11.8. The van der Waals surface area contributed by atoms with Crippen molar-refractivity contribution in [1.29, 1.82) is 0 Å². The van der Waals surface area contributed by atoms with Gasteiger partial charge in [-0.15, -0.1) is 0 Å². The number of nitrogens with zero attached hydrogens (tertiary/aromatic N) is 1. The summed E-state index contributed by atoms with van der Waals surface area (Å²) in [7, 11) is 0. The lowest BCUT2D eigenvalue weighted by molar-refractivity contribution is 0.561. The molecule has 1 nitrogen and oxygen atoms in total. The molecule has 3 aliphatic rings. The molecule has 45 heavy (non-hydrogen) atoms. The van der Waals surface area contributed by atoms with Gasteiger partial charge in [0.15, 0.2) is 0 Å². The van der Waals surface area contributed by atoms with Crippen LogP contribution in [-0.2, 0) is 6.42 Å². The molecule has 226 valence electrons. The molecule has 0 heterocycles. The maximum Gasteiger partial charge on any atom is 0.0264 e. The van der Waals surface area contributed by atoms with Crippen molar-refractivity contribution >= 4 is 11.8 Å². The largest absolute Gasteiger partial charge is 0.265 e. The highest BCUT2D eigenvalue weighted by atomic mass is 14.6. The monoisotopic (exact) mass is 587 g/mol. The Morgan fingerprint density at radius 3 is 2.38 bits per heavy atom. The quantitative estimate of drug-likeness (QED) is 0.183. The standard InChI is InChI=1S/C44H45N/c1-6-10-23-41-32(5)43(35-20-12-11-13-21-35)40(8-3)42(17-7-2)44(41)38-27-25-34-24-26-37(30-39(34)31-38)36-22-16-19-33(29-36)18-14-15-28-45-9-4/h6-7,9-17,19-32,34,39,43H,1,4,8,18H2,2-3,5H3/b15-14-,17-7-,23-10-,45-28-. The van der Waals surface area contributed by atoms with E-state index in [1.54, 1.807) is 12.4 Å². The van der Waals surface area contributed by atoms with Gasteiger partial charge in [-0.2, -0.15) is 0 Å². The molecule has 0 saturated heterocycles. The summed E-state index contributed by atoms with van der Waals surface area (Å²) in [5.74, 6) is 1.31. The van der Waals surface area contributed by atoms with Gasteiger partial charge >= 0.3 is 0 Å². The summed E-state index contributed by atoms with van der Waals surface area (Å²) in [6, 6.07) is 19.9. The summed E-state index contributed by atoms with van der Waals surface area (Å²) in [5, 5.41) is 0. The molecule has 4 atom stereocenters. The van der Waals surface area contributed by atoms with E-state index in [2.05, 4.69) is 160 Å². The van der Waals surface area contributed by atoms with E-state index in [1.165, 1.54) is 50.1 Å². The molecule has 0 aromatic heterocycles. The fraction of sp³-hybridized carbons (Fsp3) is 0.205. The van der Waals surface area contributed by atoms with Crippen molar-refractivity contribution in [2.75, 3.05) is 0 Å². The minimum Gasteiger partial charge on any atom is -0.265 e. The minimum absolute atomic E-state index is 0.292. The third-order valence-electron chi connectivity index (χ3n) is 9.06. The third kappa shape index (κ3) is 7.15. The van der Waals surface area contributed by atoms with Crippen LogP contribution in [0.4, 0.5) is 0 Å². The van der Waals surface area contributed by atoms with Crippen molar-refractivity contribution in [3.8, 4) is 0 Å². The van der Waals surface area contributed by atoms with Crippen LogP contribution in [0.3, 0.4) is 0 Å². The van der Waals surface area contributed by atoms with Crippen LogP contribution in [0, 0.1) is 17.8 Å². The lowest BCUT2D eigenvalue weighted by Gasteiger charge is -2.38. The van der Waals surface area contributed by atoms with Crippen LogP contribution in [0.15, 0.2) is 186 Å². The van der Waals surface area contributed by atoms with Gasteiger partial charge in [-0.05, 0) is 76.3 Å². The molecule has 0 saturated carbocycles. The molecule has 5 rings (SSSR count). The number of hydrogen-bond donors (Lipinski definition) is 0. The molecule has 3 aliphatic carbocycles. The van der Waals surface area contributed by atoms with Crippen molar-refractivity contribution < 1.29 is 0 Å². The second-order valence-corrected chi connectivity index (χ2v) is 11.8. The highest BCUT2D eigenvalue weighted by Crippen LogP contribution is 2.50. The highest BCUT2D eigenvalue weighted by molar-refractivity contribution is 5.77. The lowest BCUT2D eigenvalue weighted by atomic mass is 9.66. The fourth-order valence-corrected chi connectivity index (χ4v) is 7.00. The molecule has 2 aromatic carbocycles. The average Bonchev–Trinajstić information content (AvgIpc) is 3.08. The first-order valence-electron chi connectivity index (χ1n) is 16.2. The van der Waals surface area contributed by atoms with Crippen molar-refractivity contribution in [3.63, 3.8) is 0 Å². The van der Waals surface area contributed by atoms with E-state index in [1.807, 2.05) is 12.2 Å². The van der Waals surface area contributed by atoms with Crippen molar-refractivity contribution in [3.05, 3.63) is 197 Å². The Balaban J connectivity index is 1.55. The van der Waals surface area contributed by atoms with Crippen LogP contribution in [0.5, 0.6) is 0 Å². The van der Waals surface area contributed by atoms with Gasteiger partial charge < -0.3 is 0 Å². The molecule has 0 spiro atoms. The molecule has 1 heteroatoms. The van der Waals surface area contributed by atoms with E-state index in [9.17, 15) is 0 Å². The molecule has 0 bridgehead atoms. The summed E-state index contributed by atoms with van der Waals surface area (Å²) >= 11 is 0. The zero-order valence-electron chi connectivity index (χ0n) is 26.9. The van der Waals surface area contributed by atoms with Crippen molar-refractivity contribution in [1.82, 2.24) is 0 Å². The normalized spacial score (nSPS) is 23.4. The number of rotatable bonds is 11. The van der Waals surface area contributed by atoms with Gasteiger partial charge in [0.1, 0.15) is 0 Å². The lowest BCUT2D eigenvalue weighted by Crippen LogP contribution is -2.23. The Hall–Kier alpha value is -4.75. The zero-order chi connectivity index (χ0) is 31.6. The Kier molecular flexibility index (Phi) is 10.8. The molecule has 0 aliphatic heterocycles. The molecule has 0 N–H and O–H groups in total. The summed E-state index contributed by atoms with van der Waals surface area (Å²) in [6.45, 7) is 14.5. The first kappa shape index (κ1) is 31.7. The molecule has 4 unspecified atom stereocenters. The maximum absolute atomic E-state index is 4.04. The van der Waals surface area contributed by atoms with Gasteiger partial charge in [-0.25, -0.2) is 0 Å². The van der Waals surface area contributed by atoms with E-state index in [0.29, 0.717) is 23.7 Å². The van der Waals surface area contributed by atoms with E-state index in [0.717, 1.165) is 12.8 Å². The smallest absolute Gasteiger partial charge is 0.0264 e. The molecular formula is C44H45N. The molecule has 2 aromatic rings. The van der Waals surface area contributed by atoms with Crippen LogP contribution in [0.1, 0.15) is 49.8 Å². The predicted octanol–water partition coefficient (Wildman–Crippen LogP) is 11.4. The Morgan fingerprint density at radius 2 is 1.64 bits per heavy atom. The van der Waals surface area contributed by atoms with E-state index < -0.39 is 0 Å². The van der Waals surface area contributed by atoms with Crippen LogP contribution in [0.2, 0.25) is 0 Å². The Morgan fingerprint density at radius 1 is 0.867 bits per heavy atom. The first-order chi connectivity index (χ1) is 22.1. The molecular weight excluding hydrogens is 542 g/mol. The summed E-state index contributed by atoms with van der Waals surface area (Å²) < 4.78 is 0. The second kappa shape index (κ2) is 15.3. The zero-order valence-corrected chi connectivity index (χ0v) is 26.9.